The zero-order valence-corrected chi connectivity index (χ0v) is 10.8. The lowest BCUT2D eigenvalue weighted by molar-refractivity contribution is 0.761. The minimum atomic E-state index is 0.127. The zero-order valence-electron chi connectivity index (χ0n) is 10.8. The van der Waals surface area contributed by atoms with Crippen LogP contribution in [-0.4, -0.2) is 35.0 Å². The quantitative estimate of drug-likeness (QED) is 0.767. The SMILES string of the molecule is C[C@H](CN=Cc1ccccn1)N=Cc1ccccn1. The van der Waals surface area contributed by atoms with Crippen LogP contribution in [0.4, 0.5) is 0 Å². The van der Waals surface area contributed by atoms with Gasteiger partial charge in [-0.15, -0.1) is 0 Å². The molecular weight excluding hydrogens is 236 g/mol. The Balaban J connectivity index is 1.83. The van der Waals surface area contributed by atoms with Crippen molar-refractivity contribution in [1.29, 1.82) is 0 Å². The van der Waals surface area contributed by atoms with E-state index in [-0.39, 0.29) is 6.04 Å². The maximum Gasteiger partial charge on any atom is 0.0807 e. The van der Waals surface area contributed by atoms with Crippen LogP contribution in [0.2, 0.25) is 0 Å². The molecule has 2 rings (SSSR count). The Hall–Kier alpha value is -2.36. The average Bonchev–Trinajstić information content (AvgIpc) is 2.47. The van der Waals surface area contributed by atoms with Gasteiger partial charge in [0.25, 0.3) is 0 Å². The molecular formula is C15H16N4. The van der Waals surface area contributed by atoms with Gasteiger partial charge < -0.3 is 0 Å². The molecule has 0 aromatic carbocycles. The van der Waals surface area contributed by atoms with Gasteiger partial charge in [-0.1, -0.05) is 12.1 Å². The van der Waals surface area contributed by atoms with Crippen molar-refractivity contribution in [3.05, 3.63) is 60.2 Å². The van der Waals surface area contributed by atoms with Crippen LogP contribution in [0, 0.1) is 0 Å². The molecule has 0 aliphatic heterocycles. The van der Waals surface area contributed by atoms with Gasteiger partial charge in [-0.25, -0.2) is 0 Å². The van der Waals surface area contributed by atoms with Crippen molar-refractivity contribution in [3.63, 3.8) is 0 Å². The molecule has 19 heavy (non-hydrogen) atoms. The van der Waals surface area contributed by atoms with Gasteiger partial charge in [-0.3, -0.25) is 20.0 Å². The lowest BCUT2D eigenvalue weighted by Gasteiger charge is -2.00. The van der Waals surface area contributed by atoms with Crippen LogP contribution >= 0.6 is 0 Å². The van der Waals surface area contributed by atoms with Crippen LogP contribution in [0.5, 0.6) is 0 Å². The van der Waals surface area contributed by atoms with Crippen molar-refractivity contribution in [1.82, 2.24) is 9.97 Å². The number of hydrogen-bond acceptors (Lipinski definition) is 4. The second-order valence-electron chi connectivity index (χ2n) is 4.13. The molecule has 0 spiro atoms. The number of aromatic nitrogens is 2. The smallest absolute Gasteiger partial charge is 0.0807 e. The van der Waals surface area contributed by atoms with Crippen LogP contribution in [-0.2, 0) is 0 Å². The summed E-state index contributed by atoms with van der Waals surface area (Å²) in [6.45, 7) is 2.66. The Kier molecular flexibility index (Phi) is 4.93. The molecule has 0 amide bonds. The minimum Gasteiger partial charge on any atom is -0.289 e. The fraction of sp³-hybridized carbons (Fsp3) is 0.200. The molecule has 4 heteroatoms. The summed E-state index contributed by atoms with van der Waals surface area (Å²) in [6.07, 6.45) is 7.06. The summed E-state index contributed by atoms with van der Waals surface area (Å²) in [4.78, 5) is 17.1. The predicted molar refractivity (Wildman–Crippen MR) is 78.0 cm³/mol. The summed E-state index contributed by atoms with van der Waals surface area (Å²) in [6, 6.07) is 11.6. The highest BCUT2D eigenvalue weighted by atomic mass is 14.9. The van der Waals surface area contributed by atoms with Gasteiger partial charge in [0.1, 0.15) is 0 Å². The minimum absolute atomic E-state index is 0.127. The third-order valence-corrected chi connectivity index (χ3v) is 2.43. The van der Waals surface area contributed by atoms with Crippen LogP contribution in [0.25, 0.3) is 0 Å². The lowest BCUT2D eigenvalue weighted by atomic mass is 10.3. The van der Waals surface area contributed by atoms with Gasteiger partial charge in [0, 0.05) is 24.8 Å². The van der Waals surface area contributed by atoms with Crippen molar-refractivity contribution in [2.24, 2.45) is 9.98 Å². The molecule has 2 aromatic heterocycles. The summed E-state index contributed by atoms with van der Waals surface area (Å²) in [5.41, 5.74) is 1.73. The molecule has 0 fully saturated rings. The molecule has 2 aromatic rings. The van der Waals surface area contributed by atoms with E-state index >= 15 is 0 Å². The standard InChI is InChI=1S/C15H16N4/c1-13(19-12-15-7-3-5-9-18-15)10-16-11-14-6-2-4-8-17-14/h2-9,11-13H,10H2,1H3/t13-/m1/s1. The first-order valence-electron chi connectivity index (χ1n) is 6.19. The first-order valence-corrected chi connectivity index (χ1v) is 6.19. The second kappa shape index (κ2) is 7.16. The predicted octanol–water partition coefficient (Wildman–Crippen LogP) is 2.40. The molecule has 1 atom stereocenters. The zero-order chi connectivity index (χ0) is 13.3. The average molecular weight is 252 g/mol. The molecule has 0 unspecified atom stereocenters. The molecule has 2 heterocycles. The Morgan fingerprint density at radius 2 is 1.63 bits per heavy atom. The fourth-order valence-electron chi connectivity index (χ4n) is 1.45. The molecule has 0 bridgehead atoms. The molecule has 4 nitrogen and oxygen atoms in total. The molecule has 96 valence electrons. The summed E-state index contributed by atoms with van der Waals surface area (Å²) in [5.74, 6) is 0. The van der Waals surface area contributed by atoms with Crippen molar-refractivity contribution >= 4 is 12.4 Å². The summed E-state index contributed by atoms with van der Waals surface area (Å²) in [7, 11) is 0. The monoisotopic (exact) mass is 252 g/mol. The fourth-order valence-corrected chi connectivity index (χ4v) is 1.45. The van der Waals surface area contributed by atoms with Gasteiger partial charge in [-0.2, -0.15) is 0 Å². The van der Waals surface area contributed by atoms with Crippen LogP contribution in [0.15, 0.2) is 58.8 Å². The van der Waals surface area contributed by atoms with Gasteiger partial charge >= 0.3 is 0 Å². The maximum atomic E-state index is 4.40. The third-order valence-electron chi connectivity index (χ3n) is 2.43. The maximum absolute atomic E-state index is 4.40. The van der Waals surface area contributed by atoms with E-state index in [1.807, 2.05) is 43.3 Å². The van der Waals surface area contributed by atoms with Gasteiger partial charge in [0.15, 0.2) is 0 Å². The highest BCUT2D eigenvalue weighted by Gasteiger charge is 1.95. The van der Waals surface area contributed by atoms with Crippen molar-refractivity contribution in [3.8, 4) is 0 Å². The van der Waals surface area contributed by atoms with Crippen LogP contribution in [0.3, 0.4) is 0 Å². The number of aliphatic imine (C=N–C) groups is 2. The van der Waals surface area contributed by atoms with Gasteiger partial charge in [0.05, 0.1) is 24.0 Å². The van der Waals surface area contributed by atoms with E-state index < -0.39 is 0 Å². The van der Waals surface area contributed by atoms with Crippen molar-refractivity contribution < 1.29 is 0 Å². The third kappa shape index (κ3) is 4.79. The molecule has 0 saturated carbocycles. The number of nitrogens with zero attached hydrogens (tertiary/aromatic N) is 4. The number of hydrogen-bond donors (Lipinski definition) is 0. The molecule has 0 N–H and O–H groups in total. The van der Waals surface area contributed by atoms with E-state index in [1.54, 1.807) is 24.8 Å². The highest BCUT2D eigenvalue weighted by Crippen LogP contribution is 1.95. The Morgan fingerprint density at radius 3 is 2.21 bits per heavy atom. The Morgan fingerprint density at radius 1 is 1.00 bits per heavy atom. The Bertz CT molecular complexity index is 535. The first-order chi connectivity index (χ1) is 9.34. The highest BCUT2D eigenvalue weighted by molar-refractivity contribution is 5.77. The topological polar surface area (TPSA) is 50.5 Å². The van der Waals surface area contributed by atoms with E-state index in [2.05, 4.69) is 20.0 Å². The first kappa shape index (κ1) is 13.1. The Labute approximate surface area is 113 Å². The molecule has 0 aliphatic carbocycles. The van der Waals surface area contributed by atoms with Gasteiger partial charge in [-0.05, 0) is 31.2 Å². The van der Waals surface area contributed by atoms with E-state index in [4.69, 9.17) is 0 Å². The molecule has 0 aliphatic rings. The largest absolute Gasteiger partial charge is 0.289 e. The lowest BCUT2D eigenvalue weighted by Crippen LogP contribution is -2.04. The summed E-state index contributed by atoms with van der Waals surface area (Å²) < 4.78 is 0. The summed E-state index contributed by atoms with van der Waals surface area (Å²) in [5, 5.41) is 0. The normalized spacial score (nSPS) is 13.1. The number of rotatable bonds is 5. The van der Waals surface area contributed by atoms with E-state index in [0.29, 0.717) is 6.54 Å². The van der Waals surface area contributed by atoms with Crippen LogP contribution < -0.4 is 0 Å². The van der Waals surface area contributed by atoms with E-state index in [0.717, 1.165) is 11.4 Å². The molecule has 0 saturated heterocycles. The summed E-state index contributed by atoms with van der Waals surface area (Å²) >= 11 is 0. The van der Waals surface area contributed by atoms with E-state index in [1.165, 1.54) is 0 Å². The van der Waals surface area contributed by atoms with Crippen molar-refractivity contribution in [2.75, 3.05) is 6.54 Å². The van der Waals surface area contributed by atoms with Gasteiger partial charge in [0.2, 0.25) is 0 Å². The second-order valence-corrected chi connectivity index (χ2v) is 4.13. The molecule has 0 radical (unpaired) electrons. The van der Waals surface area contributed by atoms with E-state index in [9.17, 15) is 0 Å². The number of pyridine rings is 2. The van der Waals surface area contributed by atoms with Crippen molar-refractivity contribution in [2.45, 2.75) is 13.0 Å². The van der Waals surface area contributed by atoms with Crippen LogP contribution in [0.1, 0.15) is 18.3 Å².